The van der Waals surface area contributed by atoms with E-state index in [-0.39, 0.29) is 37.9 Å². The van der Waals surface area contributed by atoms with Crippen LogP contribution < -0.4 is 20.5 Å². The van der Waals surface area contributed by atoms with Crippen molar-refractivity contribution in [3.05, 3.63) is 57.0 Å². The van der Waals surface area contributed by atoms with Gasteiger partial charge in [0.1, 0.15) is 17.0 Å². The molecule has 0 saturated carbocycles. The summed E-state index contributed by atoms with van der Waals surface area (Å²) in [6, 6.07) is 6.56. The Kier molecular flexibility index (Phi) is 7.30. The lowest BCUT2D eigenvalue weighted by atomic mass is 10.1. The molecule has 3 heterocycles. The smallest absolute Gasteiger partial charge is 0.265 e. The fraction of sp³-hybridized carbons (Fsp3) is 0.391. The van der Waals surface area contributed by atoms with Gasteiger partial charge in [0.15, 0.2) is 0 Å². The number of methoxy groups -OCH3 is 1. The normalized spacial score (nSPS) is 15.6. The van der Waals surface area contributed by atoms with Gasteiger partial charge < -0.3 is 25.2 Å². The predicted octanol–water partition coefficient (Wildman–Crippen LogP) is 1.18. The maximum Gasteiger partial charge on any atom is 0.265 e. The molecule has 1 atom stereocenters. The van der Waals surface area contributed by atoms with E-state index in [1.165, 1.54) is 17.7 Å². The van der Waals surface area contributed by atoms with Crippen molar-refractivity contribution >= 4 is 34.5 Å². The molecule has 0 aliphatic carbocycles. The van der Waals surface area contributed by atoms with E-state index in [4.69, 9.17) is 21.4 Å². The summed E-state index contributed by atoms with van der Waals surface area (Å²) < 4.78 is 6.62. The van der Waals surface area contributed by atoms with Crippen LogP contribution in [0.25, 0.3) is 11.0 Å². The van der Waals surface area contributed by atoms with Gasteiger partial charge in [-0.1, -0.05) is 17.7 Å². The average Bonchev–Trinajstić information content (AvgIpc) is 3.33. The second-order valence-corrected chi connectivity index (χ2v) is 8.43. The number of nitrogens with zero attached hydrogens (tertiary/aromatic N) is 4. The Balaban J connectivity index is 1.84. The lowest BCUT2D eigenvalue weighted by molar-refractivity contribution is 0.0943. The average molecular weight is 488 g/mol. The van der Waals surface area contributed by atoms with Crippen LogP contribution in [0.3, 0.4) is 0 Å². The van der Waals surface area contributed by atoms with Gasteiger partial charge >= 0.3 is 0 Å². The van der Waals surface area contributed by atoms with Gasteiger partial charge in [0, 0.05) is 24.7 Å². The van der Waals surface area contributed by atoms with Crippen LogP contribution in [-0.2, 0) is 6.54 Å². The van der Waals surface area contributed by atoms with Crippen molar-refractivity contribution < 1.29 is 19.7 Å². The molecule has 180 valence electrons. The topological polar surface area (TPSA) is 130 Å². The zero-order chi connectivity index (χ0) is 24.2. The van der Waals surface area contributed by atoms with E-state index in [0.717, 1.165) is 18.4 Å². The molecule has 0 spiro atoms. The van der Waals surface area contributed by atoms with E-state index < -0.39 is 11.5 Å². The minimum Gasteiger partial charge on any atom is -0.495 e. The zero-order valence-corrected chi connectivity index (χ0v) is 19.5. The van der Waals surface area contributed by atoms with Crippen LogP contribution in [0.4, 0.5) is 5.95 Å². The largest absolute Gasteiger partial charge is 0.495 e. The van der Waals surface area contributed by atoms with Crippen LogP contribution >= 0.6 is 11.6 Å². The predicted molar refractivity (Wildman–Crippen MR) is 128 cm³/mol. The van der Waals surface area contributed by atoms with Gasteiger partial charge in [-0.2, -0.15) is 4.98 Å². The van der Waals surface area contributed by atoms with E-state index >= 15 is 0 Å². The van der Waals surface area contributed by atoms with E-state index in [2.05, 4.69) is 15.3 Å². The van der Waals surface area contributed by atoms with E-state index in [1.54, 1.807) is 24.4 Å². The van der Waals surface area contributed by atoms with E-state index in [0.29, 0.717) is 34.3 Å². The molecule has 1 aromatic carbocycles. The van der Waals surface area contributed by atoms with Gasteiger partial charge in [0.25, 0.3) is 11.5 Å². The highest BCUT2D eigenvalue weighted by Gasteiger charge is 2.27. The number of aliphatic hydroxyl groups is 2. The highest BCUT2D eigenvalue weighted by molar-refractivity contribution is 6.32. The molecule has 1 aliphatic rings. The quantitative estimate of drug-likeness (QED) is 0.432. The van der Waals surface area contributed by atoms with Gasteiger partial charge in [0.2, 0.25) is 5.95 Å². The number of aromatic nitrogens is 3. The van der Waals surface area contributed by atoms with Gasteiger partial charge in [-0.05, 0) is 36.6 Å². The van der Waals surface area contributed by atoms with Gasteiger partial charge in [-0.25, -0.2) is 4.98 Å². The molecular weight excluding hydrogens is 462 g/mol. The maximum atomic E-state index is 13.4. The van der Waals surface area contributed by atoms with Crippen molar-refractivity contribution in [1.82, 2.24) is 19.9 Å². The van der Waals surface area contributed by atoms with Crippen LogP contribution in [0.15, 0.2) is 35.3 Å². The summed E-state index contributed by atoms with van der Waals surface area (Å²) in [5, 5.41) is 22.2. The molecule has 1 saturated heterocycles. The van der Waals surface area contributed by atoms with Gasteiger partial charge in [-0.15, -0.1) is 0 Å². The number of rotatable bonds is 8. The fourth-order valence-corrected chi connectivity index (χ4v) is 4.42. The number of nitrogens with one attached hydrogen (secondary N) is 1. The molecule has 2 aromatic heterocycles. The summed E-state index contributed by atoms with van der Waals surface area (Å²) in [5.41, 5.74) is 0.479. The van der Waals surface area contributed by atoms with Gasteiger partial charge in [0.05, 0.1) is 37.9 Å². The van der Waals surface area contributed by atoms with Crippen molar-refractivity contribution in [3.63, 3.8) is 0 Å². The second kappa shape index (κ2) is 10.4. The number of carbonyl (C=O) groups excluding carboxylic acids is 1. The molecule has 1 aliphatic heterocycles. The summed E-state index contributed by atoms with van der Waals surface area (Å²) in [6.07, 6.45) is 3.32. The maximum absolute atomic E-state index is 13.4. The Bertz CT molecular complexity index is 1260. The molecule has 1 fully saturated rings. The Morgan fingerprint density at radius 1 is 1.32 bits per heavy atom. The molecular formula is C23H26ClN5O5. The number of amides is 1. The van der Waals surface area contributed by atoms with Crippen molar-refractivity contribution in [2.75, 3.05) is 38.3 Å². The summed E-state index contributed by atoms with van der Waals surface area (Å²) in [5.74, 6) is 0.335. The molecule has 0 bridgehead atoms. The first kappa shape index (κ1) is 23.9. The molecule has 0 radical (unpaired) electrons. The Labute approximate surface area is 200 Å². The van der Waals surface area contributed by atoms with Crippen molar-refractivity contribution in [2.24, 2.45) is 0 Å². The number of fused-ring (bicyclic) bond motifs is 1. The number of hydrogen-bond acceptors (Lipinski definition) is 8. The number of ether oxygens (including phenoxy) is 1. The Hall–Kier alpha value is -3.21. The minimum absolute atomic E-state index is 0.0114. The van der Waals surface area contributed by atoms with Crippen LogP contribution in [0.5, 0.6) is 5.75 Å². The van der Waals surface area contributed by atoms with Crippen molar-refractivity contribution in [3.8, 4) is 5.75 Å². The van der Waals surface area contributed by atoms with E-state index in [1.807, 2.05) is 4.90 Å². The summed E-state index contributed by atoms with van der Waals surface area (Å²) >= 11 is 6.28. The number of anilines is 1. The third kappa shape index (κ3) is 4.70. The lowest BCUT2D eigenvalue weighted by Crippen LogP contribution is -2.36. The highest BCUT2D eigenvalue weighted by Crippen LogP contribution is 2.27. The van der Waals surface area contributed by atoms with E-state index in [9.17, 15) is 14.7 Å². The third-order valence-electron chi connectivity index (χ3n) is 5.86. The number of benzene rings is 1. The number of pyridine rings is 1. The van der Waals surface area contributed by atoms with Crippen molar-refractivity contribution in [2.45, 2.75) is 25.4 Å². The number of carbonyl (C=O) groups is 1. The minimum atomic E-state index is -0.591. The third-order valence-corrected chi connectivity index (χ3v) is 6.15. The van der Waals surface area contributed by atoms with Crippen LogP contribution in [0, 0.1) is 0 Å². The van der Waals surface area contributed by atoms with Crippen LogP contribution in [-0.4, -0.2) is 70.1 Å². The van der Waals surface area contributed by atoms with Crippen molar-refractivity contribution in [1.29, 1.82) is 0 Å². The number of hydrogen-bond donors (Lipinski definition) is 3. The Morgan fingerprint density at radius 3 is 2.85 bits per heavy atom. The zero-order valence-electron chi connectivity index (χ0n) is 18.7. The first-order chi connectivity index (χ1) is 16.5. The summed E-state index contributed by atoms with van der Waals surface area (Å²) in [6.45, 7) is 0.586. The standard InChI is InChI=1S/C23H26ClN5O5/c1-34-19-5-4-14(9-18(19)24)12-29-20-15(10-17(22(29)33)21(32)25-6-8-30)11-26-23(27-20)28-7-2-3-16(28)13-31/h4-5,9-11,16,30-31H,2-3,6-8,12-13H2,1H3,(H,25,32)/t16-/m0/s1. The summed E-state index contributed by atoms with van der Waals surface area (Å²) in [7, 11) is 1.52. The molecule has 1 amide bonds. The molecule has 3 N–H and O–H groups in total. The summed E-state index contributed by atoms with van der Waals surface area (Å²) in [4.78, 5) is 37.1. The second-order valence-electron chi connectivity index (χ2n) is 8.02. The van der Waals surface area contributed by atoms with Gasteiger partial charge in [-0.3, -0.25) is 14.2 Å². The lowest BCUT2D eigenvalue weighted by Gasteiger charge is -2.23. The monoisotopic (exact) mass is 487 g/mol. The first-order valence-electron chi connectivity index (χ1n) is 11.0. The fourth-order valence-electron chi connectivity index (χ4n) is 4.14. The number of halogens is 1. The molecule has 0 unspecified atom stereocenters. The molecule has 4 rings (SSSR count). The Morgan fingerprint density at radius 2 is 2.15 bits per heavy atom. The first-order valence-corrected chi connectivity index (χ1v) is 11.3. The number of aliphatic hydroxyl groups excluding tert-OH is 2. The molecule has 34 heavy (non-hydrogen) atoms. The SMILES string of the molecule is COc1ccc(Cn2c(=O)c(C(=O)NCCO)cc3cnc(N4CCC[C@H]4CO)nc32)cc1Cl. The molecule has 3 aromatic rings. The highest BCUT2D eigenvalue weighted by atomic mass is 35.5. The molecule has 11 heteroatoms. The van der Waals surface area contributed by atoms with Crippen LogP contribution in [0.1, 0.15) is 28.8 Å². The molecule has 10 nitrogen and oxygen atoms in total. The van der Waals surface area contributed by atoms with Crippen LogP contribution in [0.2, 0.25) is 5.02 Å².